The van der Waals surface area contributed by atoms with Gasteiger partial charge in [-0.05, 0) is 320 Å². The van der Waals surface area contributed by atoms with E-state index in [1.54, 1.807) is 26.0 Å². The van der Waals surface area contributed by atoms with Crippen LogP contribution in [0.3, 0.4) is 0 Å². The second-order valence-corrected chi connectivity index (χ2v) is 36.4. The van der Waals surface area contributed by atoms with Gasteiger partial charge in [-0.25, -0.2) is 29.9 Å². The van der Waals surface area contributed by atoms with Crippen LogP contribution in [0.4, 0.5) is 95.4 Å². The number of nitrogens with one attached hydrogen (secondary N) is 6. The van der Waals surface area contributed by atoms with Gasteiger partial charge in [0.25, 0.3) is 0 Å². The van der Waals surface area contributed by atoms with Gasteiger partial charge in [-0.1, -0.05) is 175 Å². The molecule has 13 aromatic carbocycles. The molecule has 1 aliphatic rings. The Morgan fingerprint density at radius 2 is 0.735 bits per heavy atom. The second-order valence-electron chi connectivity index (χ2n) is 34.7. The van der Waals surface area contributed by atoms with E-state index in [0.717, 1.165) is 176 Å². The van der Waals surface area contributed by atoms with Crippen molar-refractivity contribution in [3.8, 4) is 40.2 Å². The van der Waals surface area contributed by atoms with Crippen LogP contribution in [0.15, 0.2) is 322 Å². The Kier molecular flexibility index (Phi) is 35.6. The van der Waals surface area contributed by atoms with Crippen molar-refractivity contribution >= 4 is 181 Å². The summed E-state index contributed by atoms with van der Waals surface area (Å²) in [4.78, 5) is 27.6. The van der Waals surface area contributed by atoms with Crippen LogP contribution in [0.2, 0.25) is 20.1 Å². The first-order chi connectivity index (χ1) is 70.8. The highest BCUT2D eigenvalue weighted by atomic mass is 35.5. The Balaban J connectivity index is 0.000000132. The van der Waals surface area contributed by atoms with Crippen molar-refractivity contribution < 1.29 is 65.0 Å². The Hall–Kier alpha value is -15.4. The number of alkyl halides is 6. The molecule has 752 valence electrons. The van der Waals surface area contributed by atoms with Crippen LogP contribution >= 0.6 is 46.4 Å². The molecule has 0 atom stereocenters. The van der Waals surface area contributed by atoms with Crippen LogP contribution in [0.1, 0.15) is 90.5 Å². The number of hydrogen-bond donors (Lipinski definition) is 8. The summed E-state index contributed by atoms with van der Waals surface area (Å²) < 4.78 is 106. The van der Waals surface area contributed by atoms with Crippen molar-refractivity contribution in [3.05, 3.63) is 386 Å². The molecule has 30 heteroatoms. The number of pyridine rings is 6. The molecular formula is C117H106Cl4F6N12O8. The average molecular weight is 2060 g/mol. The lowest BCUT2D eigenvalue weighted by molar-refractivity contribution is -0.275. The van der Waals surface area contributed by atoms with Crippen molar-refractivity contribution in [2.75, 3.05) is 58.3 Å². The van der Waals surface area contributed by atoms with E-state index >= 15 is 0 Å². The minimum atomic E-state index is -4.72. The molecule has 1 fully saturated rings. The van der Waals surface area contributed by atoms with Crippen LogP contribution in [-0.2, 0) is 6.42 Å². The van der Waals surface area contributed by atoms with Gasteiger partial charge in [0.1, 0.15) is 88.4 Å². The number of para-hydroxylation sites is 7. The zero-order valence-electron chi connectivity index (χ0n) is 81.7. The highest BCUT2D eigenvalue weighted by Crippen LogP contribution is 2.48. The van der Waals surface area contributed by atoms with Gasteiger partial charge in [0.2, 0.25) is 0 Å². The Morgan fingerprint density at radius 1 is 0.340 bits per heavy atom. The summed E-state index contributed by atoms with van der Waals surface area (Å²) in [7, 11) is 0. The molecule has 6 heterocycles. The molecule has 0 unspecified atom stereocenters. The summed E-state index contributed by atoms with van der Waals surface area (Å²) in [6, 6.07) is 101. The minimum absolute atomic E-state index is 0.0121. The van der Waals surface area contributed by atoms with Gasteiger partial charge < -0.3 is 70.5 Å². The first-order valence-electron chi connectivity index (χ1n) is 47.4. The van der Waals surface area contributed by atoms with Crippen molar-refractivity contribution in [1.82, 2.24) is 29.9 Å². The van der Waals surface area contributed by atoms with Crippen LogP contribution in [0.5, 0.6) is 40.2 Å². The van der Waals surface area contributed by atoms with Crippen LogP contribution in [0, 0.1) is 41.5 Å². The normalized spacial score (nSPS) is 11.6. The lowest BCUT2D eigenvalue weighted by atomic mass is 10.0. The number of ether oxygens (including phenoxy) is 6. The Labute approximate surface area is 867 Å². The third-order valence-corrected chi connectivity index (χ3v) is 24.3. The largest absolute Gasteiger partial charge is 0.573 e. The van der Waals surface area contributed by atoms with Crippen LogP contribution in [-0.4, -0.2) is 85.4 Å². The monoisotopic (exact) mass is 2060 g/mol. The number of aromatic nitrogens is 6. The third kappa shape index (κ3) is 29.7. The number of nitrogens with zero attached hydrogens (tertiary/aromatic N) is 6. The lowest BCUT2D eigenvalue weighted by Crippen LogP contribution is -2.17. The predicted octanol–water partition coefficient (Wildman–Crippen LogP) is 33.3. The number of anilines is 12. The summed E-state index contributed by atoms with van der Waals surface area (Å²) in [6.45, 7) is 18.1. The summed E-state index contributed by atoms with van der Waals surface area (Å²) >= 11 is 24.9. The fourth-order valence-electron chi connectivity index (χ4n) is 16.0. The summed E-state index contributed by atoms with van der Waals surface area (Å²) in [6.07, 6.45) is -5.98. The van der Waals surface area contributed by atoms with Gasteiger partial charge in [0.05, 0.1) is 72.5 Å². The van der Waals surface area contributed by atoms with Gasteiger partial charge in [0, 0.05) is 78.1 Å². The molecule has 20 nitrogen and oxygen atoms in total. The quantitative estimate of drug-likeness (QED) is 0.0223. The van der Waals surface area contributed by atoms with Crippen molar-refractivity contribution in [2.24, 2.45) is 0 Å². The van der Waals surface area contributed by atoms with E-state index < -0.39 is 12.7 Å². The van der Waals surface area contributed by atoms with E-state index in [0.29, 0.717) is 77.7 Å². The summed E-state index contributed by atoms with van der Waals surface area (Å²) in [5.74, 6) is 8.07. The SMILES string of the molecule is CCCc1cc(OC(F)(F)F)cc(C)c1Nc1ccc2cccc(Cl)c2n1.Cc1c(Nc2ccc3cccc(Cl)c3n2)cccc1OCCO.Cc1cc(OC(C)C)ccc1Nc1ccc2ccccc2n1.Cc1cc(OC(F)(F)F)cc(C2CC2)c1Nc1ccc2cccc(Cl)c2n1.Cc1cc(Oc2ccccc2)ccc1Nc1ccc2ccccc2n1.Cc1ccc(OCCO)cc1Nc1ccc2cccc(Cl)c2n1. The first-order valence-corrected chi connectivity index (χ1v) is 49.0. The van der Waals surface area contributed by atoms with Crippen molar-refractivity contribution in [3.63, 3.8) is 0 Å². The maximum atomic E-state index is 12.6. The molecule has 0 radical (unpaired) electrons. The lowest BCUT2D eigenvalue weighted by Gasteiger charge is -2.18. The fourth-order valence-corrected chi connectivity index (χ4v) is 16.9. The standard InChI is InChI=1S/C22H18N2O.C20H16ClF3N2O.C20H18ClF3N2O.C19H20N2O.2C18H17ClN2O2/c1-16-15-19(25-18-8-3-2-4-9-18)12-13-20(16)23-22-14-11-17-7-5-6-10-21(17)24-22;1-11-9-14(27-20(22,23)24)10-15(12-5-6-12)18(11)25-17-8-7-13-3-2-4-16(21)19(13)26-17;1-3-5-14-11-15(27-20(22,23)24)10-12(2)18(14)25-17-9-8-13-6-4-7-16(21)19(13)26-17;1-13(2)22-16-9-10-17(14(3)12-16)20-19-11-8-15-6-4-5-7-18(15)21-19;1-12-15(6-3-7-16(12)23-11-10-22)20-17-9-8-13-4-2-5-14(19)18(13)21-17;1-12-5-7-14(23-10-9-22)11-16(12)20-17-8-6-13-3-2-4-15(19)18(13)21-17/h2-15H,1H3,(H,23,24);2-4,7-10,12H,5-6H2,1H3,(H,25,26);4,6-11H,3,5H2,1-2H3,(H,25,26);4-13H,1-3H3,(H,20,21);2-9,22H,10-11H2,1H3,(H,20,21);2-8,11,22H,9-10H2,1H3,(H,20,21). The van der Waals surface area contributed by atoms with E-state index in [-0.39, 0.29) is 49.9 Å². The zero-order valence-corrected chi connectivity index (χ0v) is 84.7. The molecule has 1 saturated carbocycles. The number of benzene rings is 13. The van der Waals surface area contributed by atoms with Gasteiger partial charge in [0.15, 0.2) is 0 Å². The maximum Gasteiger partial charge on any atom is 0.573 e. The highest BCUT2D eigenvalue weighted by molar-refractivity contribution is 6.36. The number of halogens is 10. The Morgan fingerprint density at radius 3 is 1.20 bits per heavy atom. The van der Waals surface area contributed by atoms with Crippen LogP contribution in [0.25, 0.3) is 65.4 Å². The molecular weight excluding hydrogens is 1960 g/mol. The molecule has 1 aliphatic carbocycles. The molecule has 0 amide bonds. The van der Waals surface area contributed by atoms with Gasteiger partial charge in [-0.15, -0.1) is 26.3 Å². The number of hydrogen-bond acceptors (Lipinski definition) is 20. The van der Waals surface area contributed by atoms with Crippen molar-refractivity contribution in [2.45, 2.75) is 113 Å². The molecule has 20 rings (SSSR count). The van der Waals surface area contributed by atoms with Gasteiger partial charge in [-0.3, -0.25) is 0 Å². The fraction of sp³-hybridized carbons (Fsp3) is 0.179. The molecule has 8 N–H and O–H groups in total. The third-order valence-electron chi connectivity index (χ3n) is 23.1. The number of aliphatic hydroxyl groups is 2. The number of fused-ring (bicyclic) bond motifs is 6. The van der Waals surface area contributed by atoms with Crippen LogP contribution < -0.4 is 60.3 Å². The smallest absolute Gasteiger partial charge is 0.491 e. The number of aryl methyl sites for hydroxylation is 6. The molecule has 0 spiro atoms. The van der Waals surface area contributed by atoms with Crippen molar-refractivity contribution in [1.29, 1.82) is 0 Å². The zero-order chi connectivity index (χ0) is 104. The number of rotatable bonds is 27. The molecule has 147 heavy (non-hydrogen) atoms. The summed E-state index contributed by atoms with van der Waals surface area (Å²) in [5.41, 5.74) is 17.3. The number of aliphatic hydroxyl groups excluding tert-OH is 2. The van der Waals surface area contributed by atoms with E-state index in [2.05, 4.69) is 109 Å². The second kappa shape index (κ2) is 49.4. The van der Waals surface area contributed by atoms with E-state index in [4.69, 9.17) is 75.6 Å². The Bertz CT molecular complexity index is 7750. The molecule has 0 bridgehead atoms. The van der Waals surface area contributed by atoms with E-state index in [9.17, 15) is 26.3 Å². The van der Waals surface area contributed by atoms with E-state index in [1.807, 2.05) is 295 Å². The average Bonchev–Trinajstić information content (AvgIpc) is 1.68. The predicted molar refractivity (Wildman–Crippen MR) is 584 cm³/mol. The first kappa shape index (κ1) is 106. The van der Waals surface area contributed by atoms with Gasteiger partial charge in [-0.2, -0.15) is 0 Å². The summed E-state index contributed by atoms with van der Waals surface area (Å²) in [5, 5.41) is 46.0. The minimum Gasteiger partial charge on any atom is -0.491 e. The van der Waals surface area contributed by atoms with E-state index in [1.165, 1.54) is 24.3 Å². The molecule has 0 saturated heterocycles. The molecule has 6 aromatic heterocycles. The van der Waals surface area contributed by atoms with Gasteiger partial charge >= 0.3 is 12.7 Å². The topological polar surface area (TPSA) is 245 Å². The highest BCUT2D eigenvalue weighted by Gasteiger charge is 2.35. The maximum absolute atomic E-state index is 12.6. The molecule has 0 aliphatic heterocycles. The molecule has 19 aromatic rings.